The lowest BCUT2D eigenvalue weighted by Gasteiger charge is -2.34. The van der Waals surface area contributed by atoms with Gasteiger partial charge in [-0.25, -0.2) is 0 Å². The topological polar surface area (TPSA) is 38.3 Å². The molecular formula is C16H21NO2. The third-order valence-electron chi connectivity index (χ3n) is 4.56. The van der Waals surface area contributed by atoms with Crippen LogP contribution in [0, 0.1) is 5.41 Å². The molecule has 2 heterocycles. The predicted molar refractivity (Wildman–Crippen MR) is 73.8 cm³/mol. The highest BCUT2D eigenvalue weighted by atomic mass is 16.5. The fourth-order valence-corrected chi connectivity index (χ4v) is 3.73. The first kappa shape index (κ1) is 12.7. The number of carbonyl (C=O) groups excluding carboxylic acids is 1. The lowest BCUT2D eigenvalue weighted by Crippen LogP contribution is -2.45. The van der Waals surface area contributed by atoms with E-state index in [0.29, 0.717) is 12.6 Å². The van der Waals surface area contributed by atoms with E-state index in [0.717, 1.165) is 19.3 Å². The number of hydrogen-bond donors (Lipinski definition) is 1. The second kappa shape index (κ2) is 4.97. The van der Waals surface area contributed by atoms with Crippen molar-refractivity contribution in [1.82, 2.24) is 5.32 Å². The van der Waals surface area contributed by atoms with Gasteiger partial charge < -0.3 is 10.1 Å². The summed E-state index contributed by atoms with van der Waals surface area (Å²) in [4.78, 5) is 12.5. The van der Waals surface area contributed by atoms with E-state index in [9.17, 15) is 4.79 Å². The second-order valence-corrected chi connectivity index (χ2v) is 5.74. The van der Waals surface area contributed by atoms with Crippen LogP contribution in [-0.2, 0) is 16.0 Å². The van der Waals surface area contributed by atoms with Gasteiger partial charge in [0.25, 0.3) is 0 Å². The van der Waals surface area contributed by atoms with E-state index in [1.54, 1.807) is 0 Å². The van der Waals surface area contributed by atoms with Gasteiger partial charge in [-0.15, -0.1) is 0 Å². The summed E-state index contributed by atoms with van der Waals surface area (Å²) in [5.74, 6) is -0.0152. The molecule has 3 nitrogen and oxygen atoms in total. The number of benzene rings is 1. The molecule has 0 radical (unpaired) electrons. The van der Waals surface area contributed by atoms with Crippen molar-refractivity contribution in [3.63, 3.8) is 0 Å². The summed E-state index contributed by atoms with van der Waals surface area (Å²) in [6.45, 7) is 2.35. The van der Waals surface area contributed by atoms with Crippen molar-refractivity contribution < 1.29 is 9.53 Å². The van der Waals surface area contributed by atoms with Crippen molar-refractivity contribution in [1.29, 1.82) is 0 Å². The van der Waals surface area contributed by atoms with Crippen molar-refractivity contribution in [3.8, 4) is 0 Å². The van der Waals surface area contributed by atoms with Crippen LogP contribution in [0.4, 0.5) is 0 Å². The minimum absolute atomic E-state index is 0.0152. The van der Waals surface area contributed by atoms with Crippen LogP contribution in [0.5, 0.6) is 0 Å². The first-order valence-electron chi connectivity index (χ1n) is 7.22. The van der Waals surface area contributed by atoms with Crippen molar-refractivity contribution in [2.24, 2.45) is 5.41 Å². The number of hydrogen-bond acceptors (Lipinski definition) is 3. The summed E-state index contributed by atoms with van der Waals surface area (Å²) in [7, 11) is 0. The SMILES string of the molecule is CCOC(=O)[C@@]1(Cc2ccccc2)C[C@H]2CC[C@@H]1N2. The Kier molecular flexibility index (Phi) is 3.31. The van der Waals surface area contributed by atoms with Crippen molar-refractivity contribution in [2.45, 2.75) is 44.7 Å². The maximum Gasteiger partial charge on any atom is 0.314 e. The Morgan fingerprint density at radius 3 is 2.74 bits per heavy atom. The van der Waals surface area contributed by atoms with Crippen LogP contribution in [-0.4, -0.2) is 24.7 Å². The van der Waals surface area contributed by atoms with Gasteiger partial charge in [0.1, 0.15) is 0 Å². The first-order chi connectivity index (χ1) is 9.24. The summed E-state index contributed by atoms with van der Waals surface area (Å²) in [5.41, 5.74) is 0.880. The fraction of sp³-hybridized carbons (Fsp3) is 0.562. The van der Waals surface area contributed by atoms with Crippen molar-refractivity contribution in [2.75, 3.05) is 6.61 Å². The van der Waals surface area contributed by atoms with Gasteiger partial charge in [0.15, 0.2) is 0 Å². The third kappa shape index (κ3) is 2.16. The molecule has 1 aromatic rings. The van der Waals surface area contributed by atoms with Gasteiger partial charge in [-0.1, -0.05) is 30.3 Å². The van der Waals surface area contributed by atoms with E-state index in [2.05, 4.69) is 17.4 Å². The number of carbonyl (C=O) groups is 1. The Balaban J connectivity index is 1.87. The van der Waals surface area contributed by atoms with Gasteiger partial charge in [0, 0.05) is 12.1 Å². The fourth-order valence-electron chi connectivity index (χ4n) is 3.73. The average Bonchev–Trinajstić information content (AvgIpc) is 3.01. The van der Waals surface area contributed by atoms with E-state index >= 15 is 0 Å². The number of rotatable bonds is 4. The van der Waals surface area contributed by atoms with Gasteiger partial charge in [0.2, 0.25) is 0 Å². The maximum absolute atomic E-state index is 12.5. The Morgan fingerprint density at radius 1 is 1.37 bits per heavy atom. The number of fused-ring (bicyclic) bond motifs is 2. The van der Waals surface area contributed by atoms with Crippen LogP contribution in [0.1, 0.15) is 31.7 Å². The van der Waals surface area contributed by atoms with Crippen LogP contribution >= 0.6 is 0 Å². The van der Waals surface area contributed by atoms with Gasteiger partial charge in [-0.05, 0) is 38.2 Å². The summed E-state index contributed by atoms with van der Waals surface area (Å²) in [6.07, 6.45) is 4.00. The molecule has 2 saturated heterocycles. The predicted octanol–water partition coefficient (Wildman–Crippen LogP) is 2.30. The molecule has 2 bridgehead atoms. The number of nitrogens with one attached hydrogen (secondary N) is 1. The molecule has 2 fully saturated rings. The van der Waals surface area contributed by atoms with Crippen LogP contribution in [0.3, 0.4) is 0 Å². The molecule has 3 rings (SSSR count). The quantitative estimate of drug-likeness (QED) is 0.843. The Hall–Kier alpha value is -1.35. The second-order valence-electron chi connectivity index (χ2n) is 5.74. The standard InChI is InChI=1S/C16H21NO2/c1-2-19-15(18)16(10-12-6-4-3-5-7-12)11-13-8-9-14(16)17-13/h3-7,13-14,17H,2,8-11H2,1H3/t13-,14+,16+/m1/s1. The number of esters is 1. The molecule has 1 N–H and O–H groups in total. The lowest BCUT2D eigenvalue weighted by atomic mass is 9.70. The minimum atomic E-state index is -0.347. The number of ether oxygens (including phenoxy) is 1. The molecule has 0 spiro atoms. The van der Waals surface area contributed by atoms with E-state index < -0.39 is 0 Å². The van der Waals surface area contributed by atoms with Crippen LogP contribution in [0.2, 0.25) is 0 Å². The van der Waals surface area contributed by atoms with Crippen molar-refractivity contribution in [3.05, 3.63) is 35.9 Å². The van der Waals surface area contributed by atoms with E-state index in [1.807, 2.05) is 25.1 Å². The zero-order valence-corrected chi connectivity index (χ0v) is 11.4. The average molecular weight is 259 g/mol. The molecule has 102 valence electrons. The third-order valence-corrected chi connectivity index (χ3v) is 4.56. The van der Waals surface area contributed by atoms with Crippen LogP contribution < -0.4 is 5.32 Å². The molecule has 0 saturated carbocycles. The monoisotopic (exact) mass is 259 g/mol. The first-order valence-corrected chi connectivity index (χ1v) is 7.22. The van der Waals surface area contributed by atoms with Crippen LogP contribution in [0.25, 0.3) is 0 Å². The van der Waals surface area contributed by atoms with Gasteiger partial charge in [-0.3, -0.25) is 4.79 Å². The van der Waals surface area contributed by atoms with E-state index in [4.69, 9.17) is 4.74 Å². The molecule has 3 heteroatoms. The summed E-state index contributed by atoms with van der Waals surface area (Å²) in [5, 5.41) is 3.58. The summed E-state index contributed by atoms with van der Waals surface area (Å²) < 4.78 is 5.38. The highest BCUT2D eigenvalue weighted by molar-refractivity contribution is 5.79. The van der Waals surface area contributed by atoms with Crippen molar-refractivity contribution >= 4 is 5.97 Å². The highest BCUT2D eigenvalue weighted by Crippen LogP contribution is 2.46. The van der Waals surface area contributed by atoms with Gasteiger partial charge in [-0.2, -0.15) is 0 Å². The Labute approximate surface area is 114 Å². The lowest BCUT2D eigenvalue weighted by molar-refractivity contribution is -0.156. The van der Waals surface area contributed by atoms with E-state index in [-0.39, 0.29) is 17.4 Å². The molecule has 0 amide bonds. The highest BCUT2D eigenvalue weighted by Gasteiger charge is 2.56. The van der Waals surface area contributed by atoms with E-state index in [1.165, 1.54) is 12.0 Å². The molecule has 0 unspecified atom stereocenters. The summed E-state index contributed by atoms with van der Waals surface area (Å²) >= 11 is 0. The summed E-state index contributed by atoms with van der Waals surface area (Å²) in [6, 6.07) is 11.1. The van der Waals surface area contributed by atoms with Crippen LogP contribution in [0.15, 0.2) is 30.3 Å². The maximum atomic E-state index is 12.5. The molecule has 0 aliphatic carbocycles. The molecular weight excluding hydrogens is 238 g/mol. The Bertz CT molecular complexity index is 459. The van der Waals surface area contributed by atoms with Gasteiger partial charge >= 0.3 is 5.97 Å². The molecule has 1 aromatic carbocycles. The zero-order valence-electron chi connectivity index (χ0n) is 11.4. The molecule has 3 atom stereocenters. The molecule has 2 aliphatic rings. The normalized spacial score (nSPS) is 32.5. The smallest absolute Gasteiger partial charge is 0.314 e. The molecule has 0 aromatic heterocycles. The molecule has 19 heavy (non-hydrogen) atoms. The van der Waals surface area contributed by atoms with Gasteiger partial charge in [0.05, 0.1) is 12.0 Å². The minimum Gasteiger partial charge on any atom is -0.466 e. The molecule has 2 aliphatic heterocycles. The zero-order chi connectivity index (χ0) is 13.3. The largest absolute Gasteiger partial charge is 0.466 e. The Morgan fingerprint density at radius 2 is 2.16 bits per heavy atom.